The molecule has 0 N–H and O–H groups in total. The minimum absolute atomic E-state index is 0.386. The van der Waals surface area contributed by atoms with Crippen molar-refractivity contribution >= 4 is 5.82 Å². The molecular formula is C22H24N6. The molecule has 1 aliphatic heterocycles. The molecule has 0 unspecified atom stereocenters. The SMILES string of the molecule is Cc1ccc(C)c(-n2nc(C#N)c(N3CCN(Cc4ccccc4)CC3)n2)c1. The summed E-state index contributed by atoms with van der Waals surface area (Å²) < 4.78 is 0. The van der Waals surface area contributed by atoms with E-state index in [4.69, 9.17) is 0 Å². The van der Waals surface area contributed by atoms with E-state index in [1.807, 2.05) is 19.9 Å². The highest BCUT2D eigenvalue weighted by atomic mass is 15.5. The van der Waals surface area contributed by atoms with Crippen molar-refractivity contribution in [2.45, 2.75) is 20.4 Å². The Morgan fingerprint density at radius 3 is 2.43 bits per heavy atom. The zero-order chi connectivity index (χ0) is 19.5. The van der Waals surface area contributed by atoms with Crippen LogP contribution >= 0.6 is 0 Å². The van der Waals surface area contributed by atoms with Crippen LogP contribution in [0.3, 0.4) is 0 Å². The number of piperazine rings is 1. The largest absolute Gasteiger partial charge is 0.350 e. The smallest absolute Gasteiger partial charge is 0.207 e. The number of rotatable bonds is 4. The highest BCUT2D eigenvalue weighted by Crippen LogP contribution is 2.21. The van der Waals surface area contributed by atoms with Crippen molar-refractivity contribution in [1.82, 2.24) is 19.9 Å². The lowest BCUT2D eigenvalue weighted by molar-refractivity contribution is 0.249. The zero-order valence-corrected chi connectivity index (χ0v) is 16.3. The molecule has 0 radical (unpaired) electrons. The Hall–Kier alpha value is -3.17. The first kappa shape index (κ1) is 18.2. The van der Waals surface area contributed by atoms with Gasteiger partial charge in [-0.3, -0.25) is 4.90 Å². The van der Waals surface area contributed by atoms with Gasteiger partial charge in [-0.1, -0.05) is 42.5 Å². The Bertz CT molecular complexity index is 994. The van der Waals surface area contributed by atoms with Gasteiger partial charge in [0.05, 0.1) is 5.69 Å². The van der Waals surface area contributed by atoms with Gasteiger partial charge >= 0.3 is 0 Å². The summed E-state index contributed by atoms with van der Waals surface area (Å²) in [7, 11) is 0. The number of anilines is 1. The van der Waals surface area contributed by atoms with Gasteiger partial charge in [0.25, 0.3) is 0 Å². The molecule has 1 saturated heterocycles. The number of nitriles is 1. The minimum atomic E-state index is 0.386. The number of hydrogen-bond acceptors (Lipinski definition) is 5. The van der Waals surface area contributed by atoms with Crippen molar-refractivity contribution in [3.05, 3.63) is 70.9 Å². The fourth-order valence-electron chi connectivity index (χ4n) is 3.59. The van der Waals surface area contributed by atoms with Crippen LogP contribution in [0.1, 0.15) is 22.4 Å². The van der Waals surface area contributed by atoms with Crippen LogP contribution in [0, 0.1) is 25.2 Å². The standard InChI is InChI=1S/C22H24N6/c1-17-8-9-18(2)21(14-17)28-24-20(15-23)22(25-28)27-12-10-26(11-13-27)16-19-6-4-3-5-7-19/h3-9,14H,10-13,16H2,1-2H3. The van der Waals surface area contributed by atoms with Crippen molar-refractivity contribution in [2.24, 2.45) is 0 Å². The number of nitrogens with zero attached hydrogens (tertiary/aromatic N) is 6. The number of aryl methyl sites for hydroxylation is 2. The van der Waals surface area contributed by atoms with Crippen LogP contribution in [-0.4, -0.2) is 46.1 Å². The number of benzene rings is 2. The molecule has 1 fully saturated rings. The van der Waals surface area contributed by atoms with Gasteiger partial charge in [0, 0.05) is 32.7 Å². The summed E-state index contributed by atoms with van der Waals surface area (Å²) in [6.07, 6.45) is 0. The molecular weight excluding hydrogens is 348 g/mol. The van der Waals surface area contributed by atoms with Gasteiger partial charge in [-0.2, -0.15) is 5.26 Å². The fraction of sp³-hybridized carbons (Fsp3) is 0.318. The van der Waals surface area contributed by atoms with Crippen LogP contribution in [0.4, 0.5) is 5.82 Å². The summed E-state index contributed by atoms with van der Waals surface area (Å²) in [5.41, 5.74) is 4.87. The van der Waals surface area contributed by atoms with Gasteiger partial charge in [-0.15, -0.1) is 15.0 Å². The Kier molecular flexibility index (Phi) is 5.09. The first-order chi connectivity index (χ1) is 13.6. The Morgan fingerprint density at radius 1 is 0.964 bits per heavy atom. The normalized spacial score (nSPS) is 14.8. The minimum Gasteiger partial charge on any atom is -0.350 e. The van der Waals surface area contributed by atoms with E-state index in [1.165, 1.54) is 5.56 Å². The first-order valence-corrected chi connectivity index (χ1v) is 9.60. The molecule has 2 aromatic carbocycles. The van der Waals surface area contributed by atoms with E-state index in [-0.39, 0.29) is 0 Å². The maximum atomic E-state index is 9.58. The molecule has 6 nitrogen and oxygen atoms in total. The first-order valence-electron chi connectivity index (χ1n) is 9.60. The average molecular weight is 372 g/mol. The predicted octanol–water partition coefficient (Wildman–Crippen LogP) is 3.08. The maximum absolute atomic E-state index is 9.58. The fourth-order valence-corrected chi connectivity index (χ4v) is 3.59. The van der Waals surface area contributed by atoms with Gasteiger partial charge in [-0.05, 0) is 36.6 Å². The monoisotopic (exact) mass is 372 g/mol. The van der Waals surface area contributed by atoms with Crippen molar-refractivity contribution in [2.75, 3.05) is 31.1 Å². The molecule has 0 spiro atoms. The summed E-state index contributed by atoms with van der Waals surface area (Å²) in [6, 6.07) is 18.9. The third-order valence-electron chi connectivity index (χ3n) is 5.20. The van der Waals surface area contributed by atoms with Crippen LogP contribution < -0.4 is 4.90 Å². The third kappa shape index (κ3) is 3.75. The zero-order valence-electron chi connectivity index (χ0n) is 16.3. The molecule has 28 heavy (non-hydrogen) atoms. The van der Waals surface area contributed by atoms with Gasteiger partial charge in [-0.25, -0.2) is 0 Å². The Morgan fingerprint density at radius 2 is 1.71 bits per heavy atom. The molecule has 1 aromatic heterocycles. The second-order valence-electron chi connectivity index (χ2n) is 7.31. The van der Waals surface area contributed by atoms with Crippen molar-refractivity contribution in [3.8, 4) is 11.8 Å². The third-order valence-corrected chi connectivity index (χ3v) is 5.20. The highest BCUT2D eigenvalue weighted by Gasteiger charge is 2.23. The summed E-state index contributed by atoms with van der Waals surface area (Å²) in [5.74, 6) is 0.683. The van der Waals surface area contributed by atoms with E-state index >= 15 is 0 Å². The molecule has 6 heteroatoms. The second-order valence-corrected chi connectivity index (χ2v) is 7.31. The van der Waals surface area contributed by atoms with E-state index in [0.29, 0.717) is 11.5 Å². The molecule has 1 aliphatic rings. The van der Waals surface area contributed by atoms with E-state index in [2.05, 4.69) is 68.5 Å². The van der Waals surface area contributed by atoms with Crippen molar-refractivity contribution in [1.29, 1.82) is 5.26 Å². The quantitative estimate of drug-likeness (QED) is 0.704. The van der Waals surface area contributed by atoms with Gasteiger partial charge < -0.3 is 4.90 Å². The van der Waals surface area contributed by atoms with Crippen LogP contribution in [0.25, 0.3) is 5.69 Å². The lowest BCUT2D eigenvalue weighted by Crippen LogP contribution is -2.46. The molecule has 0 atom stereocenters. The summed E-state index contributed by atoms with van der Waals surface area (Å²) in [6.45, 7) is 8.60. The van der Waals surface area contributed by atoms with Crippen LogP contribution in [0.2, 0.25) is 0 Å². The molecule has 4 rings (SSSR count). The van der Waals surface area contributed by atoms with Crippen molar-refractivity contribution in [3.63, 3.8) is 0 Å². The average Bonchev–Trinajstić information content (AvgIpc) is 3.15. The molecule has 0 aliphatic carbocycles. The summed E-state index contributed by atoms with van der Waals surface area (Å²) in [4.78, 5) is 6.22. The predicted molar refractivity (Wildman–Crippen MR) is 109 cm³/mol. The Labute approximate surface area is 165 Å². The molecule has 142 valence electrons. The summed E-state index contributed by atoms with van der Waals surface area (Å²) >= 11 is 0. The lowest BCUT2D eigenvalue weighted by atomic mass is 10.1. The highest BCUT2D eigenvalue weighted by molar-refractivity contribution is 5.51. The van der Waals surface area contributed by atoms with Crippen LogP contribution in [0.15, 0.2) is 48.5 Å². The number of aromatic nitrogens is 3. The van der Waals surface area contributed by atoms with E-state index in [1.54, 1.807) is 4.80 Å². The van der Waals surface area contributed by atoms with Crippen molar-refractivity contribution < 1.29 is 0 Å². The van der Waals surface area contributed by atoms with Gasteiger partial charge in [0.1, 0.15) is 6.07 Å². The lowest BCUT2D eigenvalue weighted by Gasteiger charge is -2.34. The molecule has 2 heterocycles. The molecule has 0 bridgehead atoms. The molecule has 0 amide bonds. The Balaban J connectivity index is 1.50. The summed E-state index contributed by atoms with van der Waals surface area (Å²) in [5, 5.41) is 18.7. The number of hydrogen-bond donors (Lipinski definition) is 0. The topological polar surface area (TPSA) is 61.0 Å². The molecule has 0 saturated carbocycles. The van der Waals surface area contributed by atoms with Gasteiger partial charge in [0.2, 0.25) is 5.69 Å². The van der Waals surface area contributed by atoms with Crippen LogP contribution in [-0.2, 0) is 6.54 Å². The second kappa shape index (κ2) is 7.83. The van der Waals surface area contributed by atoms with E-state index in [9.17, 15) is 5.26 Å². The van der Waals surface area contributed by atoms with Gasteiger partial charge in [0.15, 0.2) is 5.82 Å². The molecule has 3 aromatic rings. The van der Waals surface area contributed by atoms with Crippen LogP contribution in [0.5, 0.6) is 0 Å². The maximum Gasteiger partial charge on any atom is 0.207 e. The van der Waals surface area contributed by atoms with E-state index in [0.717, 1.165) is 49.5 Å². The van der Waals surface area contributed by atoms with E-state index < -0.39 is 0 Å².